The Bertz CT molecular complexity index is 575. The Kier molecular flexibility index (Phi) is 9.10. The molecule has 25 heavy (non-hydrogen) atoms. The van der Waals surface area contributed by atoms with Crippen molar-refractivity contribution in [2.45, 2.75) is 78.7 Å². The van der Waals surface area contributed by atoms with Crippen LogP contribution in [0.1, 0.15) is 78.5 Å². The minimum atomic E-state index is -0.858. The molecule has 3 nitrogen and oxygen atoms in total. The molecule has 1 aromatic rings. The quantitative estimate of drug-likeness (QED) is 0.622. The van der Waals surface area contributed by atoms with Gasteiger partial charge in [-0.25, -0.2) is 4.79 Å². The van der Waals surface area contributed by atoms with E-state index in [1.807, 2.05) is 13.8 Å². The van der Waals surface area contributed by atoms with Crippen molar-refractivity contribution < 1.29 is 9.90 Å². The molecular formula is C21H34NNaO2. The number of aliphatic carboxylic acids is 1. The molecule has 0 radical (unpaired) electrons. The van der Waals surface area contributed by atoms with Crippen LogP contribution in [0, 0.1) is 5.92 Å². The van der Waals surface area contributed by atoms with Gasteiger partial charge in [0.1, 0.15) is 6.04 Å². The standard InChI is InChI=1S/C21H33NO2.Na.H/c1-14(2)9-18(19(23)24)22-13-15-10-16(20(3,4)5)12-17(11-15)21(6,7)8;;/h10-14,18H,9H2,1-8H3,(H,23,24);;. The normalized spacial score (nSPS) is 13.8. The second kappa shape index (κ2) is 9.34. The maximum atomic E-state index is 11.4. The molecule has 0 aliphatic heterocycles. The van der Waals surface area contributed by atoms with E-state index in [-0.39, 0.29) is 40.4 Å². The number of nitrogens with zero attached hydrogens (tertiary/aromatic N) is 1. The average Bonchev–Trinajstić information content (AvgIpc) is 2.40. The summed E-state index contributed by atoms with van der Waals surface area (Å²) in [5.74, 6) is -0.558. The van der Waals surface area contributed by atoms with Gasteiger partial charge < -0.3 is 5.11 Å². The van der Waals surface area contributed by atoms with Gasteiger partial charge in [-0.15, -0.1) is 0 Å². The number of carboxylic acid groups (broad SMARTS) is 1. The van der Waals surface area contributed by atoms with Crippen LogP contribution >= 0.6 is 0 Å². The molecule has 0 fully saturated rings. The van der Waals surface area contributed by atoms with Gasteiger partial charge in [0.15, 0.2) is 0 Å². The molecule has 0 spiro atoms. The van der Waals surface area contributed by atoms with E-state index in [0.29, 0.717) is 12.3 Å². The fraction of sp³-hybridized carbons (Fsp3) is 0.619. The average molecular weight is 355 g/mol. The topological polar surface area (TPSA) is 49.7 Å². The van der Waals surface area contributed by atoms with E-state index >= 15 is 0 Å². The Hall–Kier alpha value is -0.640. The third-order valence-corrected chi connectivity index (χ3v) is 4.07. The molecule has 1 atom stereocenters. The first-order valence-electron chi connectivity index (χ1n) is 8.72. The molecule has 0 heterocycles. The molecule has 0 aliphatic carbocycles. The summed E-state index contributed by atoms with van der Waals surface area (Å²) in [5, 5.41) is 9.35. The van der Waals surface area contributed by atoms with Crippen molar-refractivity contribution in [2.24, 2.45) is 10.9 Å². The number of aliphatic imine (C=N–C) groups is 1. The summed E-state index contributed by atoms with van der Waals surface area (Å²) in [6, 6.07) is 5.81. The zero-order chi connectivity index (χ0) is 18.7. The number of carbonyl (C=O) groups is 1. The van der Waals surface area contributed by atoms with Gasteiger partial charge in [-0.3, -0.25) is 4.99 Å². The number of hydrogen-bond donors (Lipinski definition) is 1. The van der Waals surface area contributed by atoms with Gasteiger partial charge in [-0.05, 0) is 52.0 Å². The Labute approximate surface area is 175 Å². The van der Waals surface area contributed by atoms with Crippen molar-refractivity contribution in [1.29, 1.82) is 0 Å². The van der Waals surface area contributed by atoms with E-state index < -0.39 is 12.0 Å². The first-order chi connectivity index (χ1) is 10.8. The Morgan fingerprint density at radius 1 is 1.04 bits per heavy atom. The molecule has 0 aliphatic rings. The fourth-order valence-electron chi connectivity index (χ4n) is 2.44. The van der Waals surface area contributed by atoms with E-state index in [0.717, 1.165) is 5.56 Å². The maximum absolute atomic E-state index is 11.4. The Morgan fingerprint density at radius 2 is 1.48 bits per heavy atom. The van der Waals surface area contributed by atoms with Gasteiger partial charge in [0, 0.05) is 6.21 Å². The molecule has 1 N–H and O–H groups in total. The van der Waals surface area contributed by atoms with E-state index in [4.69, 9.17) is 0 Å². The molecule has 0 amide bonds. The molecular weight excluding hydrogens is 321 g/mol. The predicted octanol–water partition coefficient (Wildman–Crippen LogP) is 4.55. The van der Waals surface area contributed by atoms with Crippen molar-refractivity contribution in [2.75, 3.05) is 0 Å². The summed E-state index contributed by atoms with van der Waals surface area (Å²) >= 11 is 0. The van der Waals surface area contributed by atoms with E-state index in [9.17, 15) is 9.90 Å². The molecule has 1 rings (SSSR count). The van der Waals surface area contributed by atoms with Crippen LogP contribution in [0.3, 0.4) is 0 Å². The van der Waals surface area contributed by atoms with Gasteiger partial charge >= 0.3 is 35.5 Å². The SMILES string of the molecule is CC(C)CC(N=Cc1cc(C(C)(C)C)cc(C(C)(C)C)c1)C(=O)O.[NaH]. The van der Waals surface area contributed by atoms with Crippen molar-refractivity contribution >= 4 is 41.7 Å². The van der Waals surface area contributed by atoms with Crippen molar-refractivity contribution in [3.63, 3.8) is 0 Å². The molecule has 0 saturated carbocycles. The van der Waals surface area contributed by atoms with Crippen LogP contribution in [0.15, 0.2) is 23.2 Å². The van der Waals surface area contributed by atoms with Crippen LogP contribution in [0.5, 0.6) is 0 Å². The summed E-state index contributed by atoms with van der Waals surface area (Å²) in [6.07, 6.45) is 2.28. The van der Waals surface area contributed by atoms with Gasteiger partial charge in [-0.2, -0.15) is 0 Å². The summed E-state index contributed by atoms with van der Waals surface area (Å²) in [6.45, 7) is 17.2. The number of benzene rings is 1. The zero-order valence-electron chi connectivity index (χ0n) is 16.5. The van der Waals surface area contributed by atoms with Crippen LogP contribution in [-0.4, -0.2) is 52.9 Å². The molecule has 136 valence electrons. The first-order valence-corrected chi connectivity index (χ1v) is 8.72. The van der Waals surface area contributed by atoms with Gasteiger partial charge in [0.25, 0.3) is 0 Å². The van der Waals surface area contributed by atoms with Crippen LogP contribution < -0.4 is 0 Å². The predicted molar refractivity (Wildman–Crippen MR) is 109 cm³/mol. The summed E-state index contributed by atoms with van der Waals surface area (Å²) < 4.78 is 0. The second-order valence-electron chi connectivity index (χ2n) is 9.11. The van der Waals surface area contributed by atoms with Crippen molar-refractivity contribution in [3.8, 4) is 0 Å². The third kappa shape index (κ3) is 8.06. The van der Waals surface area contributed by atoms with Crippen LogP contribution in [0.25, 0.3) is 0 Å². The second-order valence-corrected chi connectivity index (χ2v) is 9.11. The van der Waals surface area contributed by atoms with E-state index in [2.05, 4.69) is 64.7 Å². The van der Waals surface area contributed by atoms with Crippen LogP contribution in [0.4, 0.5) is 0 Å². The van der Waals surface area contributed by atoms with Gasteiger partial charge in [-0.1, -0.05) is 61.5 Å². The van der Waals surface area contributed by atoms with E-state index in [1.165, 1.54) is 11.1 Å². The molecule has 0 aromatic heterocycles. The first kappa shape index (κ1) is 24.4. The number of carboxylic acids is 1. The van der Waals surface area contributed by atoms with Crippen LogP contribution in [0.2, 0.25) is 0 Å². The fourth-order valence-corrected chi connectivity index (χ4v) is 2.44. The van der Waals surface area contributed by atoms with Gasteiger partial charge in [0.2, 0.25) is 0 Å². The molecule has 0 saturated heterocycles. The number of hydrogen-bond acceptors (Lipinski definition) is 2. The number of rotatable bonds is 5. The molecule has 1 aromatic carbocycles. The minimum absolute atomic E-state index is 0. The Morgan fingerprint density at radius 3 is 1.80 bits per heavy atom. The molecule has 0 bridgehead atoms. The van der Waals surface area contributed by atoms with Crippen molar-refractivity contribution in [3.05, 3.63) is 34.9 Å². The van der Waals surface area contributed by atoms with Crippen molar-refractivity contribution in [1.82, 2.24) is 0 Å². The summed E-state index contributed by atoms with van der Waals surface area (Å²) in [5.41, 5.74) is 3.53. The van der Waals surface area contributed by atoms with E-state index in [1.54, 1.807) is 6.21 Å². The third-order valence-electron chi connectivity index (χ3n) is 4.07. The molecule has 4 heteroatoms. The summed E-state index contributed by atoms with van der Waals surface area (Å²) in [4.78, 5) is 15.8. The van der Waals surface area contributed by atoms with Gasteiger partial charge in [0.05, 0.1) is 0 Å². The monoisotopic (exact) mass is 355 g/mol. The Balaban J connectivity index is 0.00000576. The molecule has 1 unspecified atom stereocenters. The summed E-state index contributed by atoms with van der Waals surface area (Å²) in [7, 11) is 0. The zero-order valence-corrected chi connectivity index (χ0v) is 16.5. The van der Waals surface area contributed by atoms with Crippen LogP contribution in [-0.2, 0) is 15.6 Å².